The Balaban J connectivity index is 1.94. The topological polar surface area (TPSA) is 36.5 Å². The molecule has 0 unspecified atom stereocenters. The van der Waals surface area contributed by atoms with Crippen LogP contribution in [0.1, 0.15) is 33.1 Å². The van der Waals surface area contributed by atoms with Gasteiger partial charge in [-0.1, -0.05) is 12.5 Å². The lowest BCUT2D eigenvalue weighted by atomic mass is 10.00. The monoisotopic (exact) mass is 293 g/mol. The van der Waals surface area contributed by atoms with Crippen molar-refractivity contribution in [2.24, 2.45) is 0 Å². The molecule has 1 fully saturated rings. The van der Waals surface area contributed by atoms with Gasteiger partial charge in [-0.2, -0.15) is 0 Å². The molecule has 2 N–H and O–H groups in total. The quantitative estimate of drug-likeness (QED) is 0.837. The number of hydrogen-bond acceptors (Lipinski definition) is 3. The fourth-order valence-electron chi connectivity index (χ4n) is 2.62. The zero-order valence-corrected chi connectivity index (χ0v) is 13.2. The van der Waals surface area contributed by atoms with Gasteiger partial charge in [-0.25, -0.2) is 5.01 Å². The molecular formula is C15H23N3OS. The molecule has 20 heavy (non-hydrogen) atoms. The largest absolute Gasteiger partial charge is 0.497 e. The van der Waals surface area contributed by atoms with E-state index in [1.54, 1.807) is 7.11 Å². The van der Waals surface area contributed by atoms with E-state index in [1.807, 2.05) is 24.3 Å². The normalized spacial score (nSPS) is 23.1. The number of hydrazine groups is 1. The maximum atomic E-state index is 5.40. The summed E-state index contributed by atoms with van der Waals surface area (Å²) >= 11 is 5.40. The summed E-state index contributed by atoms with van der Waals surface area (Å²) in [7, 11) is 1.66. The van der Waals surface area contributed by atoms with Gasteiger partial charge in [0.2, 0.25) is 0 Å². The van der Waals surface area contributed by atoms with E-state index in [-0.39, 0.29) is 0 Å². The molecule has 4 nitrogen and oxygen atoms in total. The highest BCUT2D eigenvalue weighted by atomic mass is 32.1. The molecule has 1 aliphatic rings. The second-order valence-electron chi connectivity index (χ2n) is 5.33. The number of benzene rings is 1. The summed E-state index contributed by atoms with van der Waals surface area (Å²) in [5.41, 5.74) is 4.25. The minimum absolute atomic E-state index is 0.504. The van der Waals surface area contributed by atoms with E-state index in [9.17, 15) is 0 Å². The molecule has 0 amide bonds. The lowest BCUT2D eigenvalue weighted by molar-refractivity contribution is 0.0750. The van der Waals surface area contributed by atoms with Gasteiger partial charge in [0.1, 0.15) is 5.75 Å². The Morgan fingerprint density at radius 1 is 1.30 bits per heavy atom. The van der Waals surface area contributed by atoms with Crippen LogP contribution in [0.3, 0.4) is 0 Å². The number of anilines is 1. The van der Waals surface area contributed by atoms with Crippen LogP contribution in [-0.2, 0) is 0 Å². The van der Waals surface area contributed by atoms with Crippen LogP contribution in [0.2, 0.25) is 0 Å². The van der Waals surface area contributed by atoms with E-state index >= 15 is 0 Å². The Labute approximate surface area is 126 Å². The molecule has 0 aromatic heterocycles. The van der Waals surface area contributed by atoms with Crippen molar-refractivity contribution in [2.45, 2.75) is 45.2 Å². The van der Waals surface area contributed by atoms with Crippen LogP contribution < -0.4 is 15.5 Å². The SMILES string of the molecule is COc1cccc(NC(=S)NN2[C@H](C)CCC[C@H]2C)c1. The Hall–Kier alpha value is -1.33. The third-order valence-corrected chi connectivity index (χ3v) is 3.95. The highest BCUT2D eigenvalue weighted by Crippen LogP contribution is 2.21. The maximum absolute atomic E-state index is 5.40. The first-order valence-corrected chi connectivity index (χ1v) is 7.51. The van der Waals surface area contributed by atoms with E-state index < -0.39 is 0 Å². The molecular weight excluding hydrogens is 270 g/mol. The summed E-state index contributed by atoms with van der Waals surface area (Å²) < 4.78 is 5.21. The first-order chi connectivity index (χ1) is 9.60. The van der Waals surface area contributed by atoms with Crippen LogP contribution >= 0.6 is 12.2 Å². The van der Waals surface area contributed by atoms with E-state index in [1.165, 1.54) is 19.3 Å². The first-order valence-electron chi connectivity index (χ1n) is 7.10. The number of methoxy groups -OCH3 is 1. The predicted molar refractivity (Wildman–Crippen MR) is 87.0 cm³/mol. The second-order valence-corrected chi connectivity index (χ2v) is 5.74. The van der Waals surface area contributed by atoms with Crippen molar-refractivity contribution in [3.8, 4) is 5.75 Å². The Morgan fingerprint density at radius 2 is 2.00 bits per heavy atom. The number of ether oxygens (including phenoxy) is 1. The van der Waals surface area contributed by atoms with Gasteiger partial charge in [-0.15, -0.1) is 0 Å². The van der Waals surface area contributed by atoms with Gasteiger partial charge in [-0.05, 0) is 51.0 Å². The van der Waals surface area contributed by atoms with Crippen LogP contribution in [0.5, 0.6) is 5.75 Å². The van der Waals surface area contributed by atoms with Crippen LogP contribution in [-0.4, -0.2) is 29.3 Å². The molecule has 0 saturated carbocycles. The van der Waals surface area contributed by atoms with E-state index in [4.69, 9.17) is 17.0 Å². The molecule has 1 saturated heterocycles. The number of piperidine rings is 1. The summed E-state index contributed by atoms with van der Waals surface area (Å²) in [6, 6.07) is 8.76. The number of nitrogens with zero attached hydrogens (tertiary/aromatic N) is 1. The highest BCUT2D eigenvalue weighted by molar-refractivity contribution is 7.80. The highest BCUT2D eigenvalue weighted by Gasteiger charge is 2.25. The van der Waals surface area contributed by atoms with E-state index in [0.29, 0.717) is 17.2 Å². The average Bonchev–Trinajstić information content (AvgIpc) is 2.43. The smallest absolute Gasteiger partial charge is 0.185 e. The van der Waals surface area contributed by atoms with E-state index in [0.717, 1.165) is 11.4 Å². The lowest BCUT2D eigenvalue weighted by Crippen LogP contribution is -2.55. The molecule has 1 aromatic rings. The summed E-state index contributed by atoms with van der Waals surface area (Å²) in [4.78, 5) is 0. The van der Waals surface area contributed by atoms with Gasteiger partial charge in [0.25, 0.3) is 0 Å². The van der Waals surface area contributed by atoms with Crippen LogP contribution in [0.25, 0.3) is 0 Å². The van der Waals surface area contributed by atoms with Crippen molar-refractivity contribution in [3.63, 3.8) is 0 Å². The second kappa shape index (κ2) is 6.90. The molecule has 0 aliphatic carbocycles. The standard InChI is InChI=1S/C15H23N3OS/c1-11-6-4-7-12(2)18(11)17-15(20)16-13-8-5-9-14(10-13)19-3/h5,8-12H,4,6-7H2,1-3H3,(H2,16,17,20)/t11-,12-/m1/s1. The molecule has 1 heterocycles. The van der Waals surface area contributed by atoms with Gasteiger partial charge in [-0.3, -0.25) is 5.43 Å². The third kappa shape index (κ3) is 3.84. The van der Waals surface area contributed by atoms with Gasteiger partial charge < -0.3 is 10.1 Å². The fraction of sp³-hybridized carbons (Fsp3) is 0.533. The van der Waals surface area contributed by atoms with E-state index in [2.05, 4.69) is 29.6 Å². The molecule has 0 bridgehead atoms. The van der Waals surface area contributed by atoms with Gasteiger partial charge >= 0.3 is 0 Å². The zero-order chi connectivity index (χ0) is 14.5. The van der Waals surface area contributed by atoms with Gasteiger partial charge in [0, 0.05) is 23.8 Å². The van der Waals surface area contributed by atoms with Gasteiger partial charge in [0.15, 0.2) is 5.11 Å². The summed E-state index contributed by atoms with van der Waals surface area (Å²) in [5.74, 6) is 0.817. The Kier molecular flexibility index (Phi) is 5.20. The number of rotatable bonds is 3. The van der Waals surface area contributed by atoms with Crippen molar-refractivity contribution < 1.29 is 4.74 Å². The van der Waals surface area contributed by atoms with Crippen molar-refractivity contribution >= 4 is 23.0 Å². The summed E-state index contributed by atoms with van der Waals surface area (Å²) in [6.45, 7) is 4.47. The first kappa shape index (κ1) is 15.1. The molecule has 2 atom stereocenters. The molecule has 1 aromatic carbocycles. The Morgan fingerprint density at radius 3 is 2.65 bits per heavy atom. The number of nitrogens with one attached hydrogen (secondary N) is 2. The van der Waals surface area contributed by atoms with Crippen molar-refractivity contribution in [2.75, 3.05) is 12.4 Å². The number of hydrogen-bond donors (Lipinski definition) is 2. The number of thiocarbonyl (C=S) groups is 1. The maximum Gasteiger partial charge on any atom is 0.185 e. The molecule has 5 heteroatoms. The summed E-state index contributed by atoms with van der Waals surface area (Å²) in [5, 5.41) is 6.08. The zero-order valence-electron chi connectivity index (χ0n) is 12.3. The lowest BCUT2D eigenvalue weighted by Gasteiger charge is -2.39. The predicted octanol–water partition coefficient (Wildman–Crippen LogP) is 3.16. The van der Waals surface area contributed by atoms with Crippen LogP contribution in [0.15, 0.2) is 24.3 Å². The molecule has 110 valence electrons. The van der Waals surface area contributed by atoms with Crippen molar-refractivity contribution in [1.29, 1.82) is 0 Å². The Bertz CT molecular complexity index is 456. The summed E-state index contributed by atoms with van der Waals surface area (Å²) in [6.07, 6.45) is 3.70. The average molecular weight is 293 g/mol. The molecule has 0 radical (unpaired) electrons. The van der Waals surface area contributed by atoms with Crippen LogP contribution in [0, 0.1) is 0 Å². The van der Waals surface area contributed by atoms with Crippen molar-refractivity contribution in [3.05, 3.63) is 24.3 Å². The van der Waals surface area contributed by atoms with Gasteiger partial charge in [0.05, 0.1) is 7.11 Å². The minimum atomic E-state index is 0.504. The molecule has 1 aliphatic heterocycles. The van der Waals surface area contributed by atoms with Crippen LogP contribution in [0.4, 0.5) is 5.69 Å². The molecule has 2 rings (SSSR count). The molecule has 0 spiro atoms. The van der Waals surface area contributed by atoms with Crippen molar-refractivity contribution in [1.82, 2.24) is 10.4 Å². The minimum Gasteiger partial charge on any atom is -0.497 e. The fourth-order valence-corrected chi connectivity index (χ4v) is 2.84. The third-order valence-electron chi connectivity index (χ3n) is 3.75.